The van der Waals surface area contributed by atoms with Crippen LogP contribution in [0.3, 0.4) is 0 Å². The van der Waals surface area contributed by atoms with Crippen LogP contribution in [0.15, 0.2) is 10.7 Å². The third-order valence-electron chi connectivity index (χ3n) is 4.67. The van der Waals surface area contributed by atoms with E-state index in [4.69, 9.17) is 9.15 Å². The molecule has 2 aliphatic heterocycles. The van der Waals surface area contributed by atoms with E-state index in [1.54, 1.807) is 6.33 Å². The first-order chi connectivity index (χ1) is 10.3. The van der Waals surface area contributed by atoms with E-state index in [0.29, 0.717) is 11.1 Å². The lowest BCUT2D eigenvalue weighted by Crippen LogP contribution is -2.44. The van der Waals surface area contributed by atoms with Crippen LogP contribution in [0, 0.1) is 5.41 Å². The molecule has 4 heterocycles. The van der Waals surface area contributed by atoms with Crippen molar-refractivity contribution in [1.29, 1.82) is 0 Å². The number of rotatable bonds is 2. The molecule has 2 saturated heterocycles. The van der Waals surface area contributed by atoms with Gasteiger partial charge in [0.15, 0.2) is 17.2 Å². The van der Waals surface area contributed by atoms with Crippen LogP contribution in [0.5, 0.6) is 0 Å². The third-order valence-corrected chi connectivity index (χ3v) is 4.67. The van der Waals surface area contributed by atoms with Crippen molar-refractivity contribution in [2.45, 2.75) is 32.6 Å². The largest absolute Gasteiger partial charge is 0.422 e. The Hall–Kier alpha value is -1.69. The van der Waals surface area contributed by atoms with E-state index in [9.17, 15) is 0 Å². The van der Waals surface area contributed by atoms with E-state index < -0.39 is 0 Å². The Morgan fingerprint density at radius 2 is 2.29 bits per heavy atom. The van der Waals surface area contributed by atoms with Crippen LogP contribution in [0.25, 0.3) is 11.2 Å². The number of hydrogen-bond donors (Lipinski definition) is 0. The summed E-state index contributed by atoms with van der Waals surface area (Å²) in [7, 11) is 0. The number of fused-ring (bicyclic) bond motifs is 1. The lowest BCUT2D eigenvalue weighted by molar-refractivity contribution is 0.139. The number of hydrogen-bond acceptors (Lipinski definition) is 6. The monoisotopic (exact) mass is 288 g/mol. The van der Waals surface area contributed by atoms with Crippen molar-refractivity contribution >= 4 is 17.0 Å². The number of piperidine rings is 1. The molecule has 2 aromatic heterocycles. The summed E-state index contributed by atoms with van der Waals surface area (Å²) in [5, 5.41) is 0. The van der Waals surface area contributed by atoms with Gasteiger partial charge in [-0.15, -0.1) is 0 Å². The van der Waals surface area contributed by atoms with Crippen LogP contribution in [0.2, 0.25) is 0 Å². The molecule has 1 atom stereocenters. The minimum Gasteiger partial charge on any atom is -0.422 e. The van der Waals surface area contributed by atoms with Crippen molar-refractivity contribution < 1.29 is 9.15 Å². The molecule has 2 aliphatic rings. The smallest absolute Gasteiger partial charge is 0.252 e. The fraction of sp³-hybridized carbons (Fsp3) is 0.667. The molecule has 4 rings (SSSR count). The van der Waals surface area contributed by atoms with Gasteiger partial charge in [0, 0.05) is 31.5 Å². The van der Waals surface area contributed by atoms with Gasteiger partial charge in [-0.1, -0.05) is 6.92 Å². The summed E-state index contributed by atoms with van der Waals surface area (Å²) in [4.78, 5) is 15.6. The van der Waals surface area contributed by atoms with Gasteiger partial charge >= 0.3 is 0 Å². The summed E-state index contributed by atoms with van der Waals surface area (Å²) in [5.41, 5.74) is 1.69. The van der Waals surface area contributed by atoms with Gasteiger partial charge in [-0.25, -0.2) is 9.97 Å². The normalized spacial score (nSPS) is 26.0. The lowest BCUT2D eigenvalue weighted by Gasteiger charge is -2.39. The fourth-order valence-electron chi connectivity index (χ4n) is 3.53. The number of anilines is 1. The summed E-state index contributed by atoms with van der Waals surface area (Å²) in [6, 6.07) is 0. The van der Waals surface area contributed by atoms with E-state index in [2.05, 4.69) is 19.9 Å². The molecule has 1 unspecified atom stereocenters. The molecular formula is C15H20N4O2. The molecule has 0 saturated carbocycles. The van der Waals surface area contributed by atoms with Crippen LogP contribution in [-0.4, -0.2) is 41.3 Å². The predicted molar refractivity (Wildman–Crippen MR) is 78.3 cm³/mol. The van der Waals surface area contributed by atoms with Gasteiger partial charge in [0.05, 0.1) is 6.61 Å². The highest BCUT2D eigenvalue weighted by atomic mass is 16.5. The number of aryl methyl sites for hydroxylation is 1. The van der Waals surface area contributed by atoms with Gasteiger partial charge in [0.2, 0.25) is 0 Å². The zero-order valence-corrected chi connectivity index (χ0v) is 12.3. The second-order valence-corrected chi connectivity index (χ2v) is 6.14. The summed E-state index contributed by atoms with van der Waals surface area (Å²) >= 11 is 0. The average Bonchev–Trinajstić information content (AvgIpc) is 3.13. The summed E-state index contributed by atoms with van der Waals surface area (Å²) in [5.74, 6) is 1.64. The van der Waals surface area contributed by atoms with Crippen molar-refractivity contribution in [3.63, 3.8) is 0 Å². The lowest BCUT2D eigenvalue weighted by atomic mass is 9.79. The van der Waals surface area contributed by atoms with Crippen LogP contribution < -0.4 is 4.90 Å². The second kappa shape index (κ2) is 4.94. The number of aromatic nitrogens is 3. The highest BCUT2D eigenvalue weighted by Crippen LogP contribution is 2.39. The van der Waals surface area contributed by atoms with Crippen molar-refractivity contribution in [2.75, 3.05) is 31.2 Å². The van der Waals surface area contributed by atoms with E-state index in [1.807, 2.05) is 6.92 Å². The van der Waals surface area contributed by atoms with Gasteiger partial charge in [0.1, 0.15) is 6.33 Å². The zero-order chi connectivity index (χ0) is 14.3. The Balaban J connectivity index is 1.70. The molecule has 0 aromatic carbocycles. The van der Waals surface area contributed by atoms with Crippen molar-refractivity contribution in [3.8, 4) is 0 Å². The Labute approximate surface area is 123 Å². The standard InChI is InChI=1S/C15H20N4O2/c1-2-11-18-12-13(16-10-17-14(12)21-11)19-6-3-4-15(8-19)5-7-20-9-15/h10H,2-9H2,1H3. The molecule has 0 radical (unpaired) electrons. The van der Waals surface area contributed by atoms with E-state index in [-0.39, 0.29) is 0 Å². The van der Waals surface area contributed by atoms with Gasteiger partial charge in [-0.2, -0.15) is 4.98 Å². The Morgan fingerprint density at radius 3 is 3.10 bits per heavy atom. The topological polar surface area (TPSA) is 64.3 Å². The van der Waals surface area contributed by atoms with Gasteiger partial charge in [-0.3, -0.25) is 0 Å². The molecule has 6 heteroatoms. The maximum absolute atomic E-state index is 5.65. The first-order valence-electron chi connectivity index (χ1n) is 7.73. The SMILES string of the molecule is CCc1nc2c(N3CCCC4(CCOC4)C3)ncnc2o1. The van der Waals surface area contributed by atoms with Crippen molar-refractivity contribution in [3.05, 3.63) is 12.2 Å². The quantitative estimate of drug-likeness (QED) is 0.844. The van der Waals surface area contributed by atoms with E-state index in [0.717, 1.165) is 56.4 Å². The molecule has 112 valence electrons. The summed E-state index contributed by atoms with van der Waals surface area (Å²) in [6.45, 7) is 5.80. The van der Waals surface area contributed by atoms with Crippen LogP contribution >= 0.6 is 0 Å². The summed E-state index contributed by atoms with van der Waals surface area (Å²) in [6.07, 6.45) is 5.92. The van der Waals surface area contributed by atoms with Crippen molar-refractivity contribution in [2.24, 2.45) is 5.41 Å². The minimum atomic E-state index is 0.298. The third kappa shape index (κ3) is 2.18. The molecular weight excluding hydrogens is 268 g/mol. The number of nitrogens with zero attached hydrogens (tertiary/aromatic N) is 4. The minimum absolute atomic E-state index is 0.298. The maximum Gasteiger partial charge on any atom is 0.252 e. The van der Waals surface area contributed by atoms with Gasteiger partial charge in [-0.05, 0) is 19.3 Å². The average molecular weight is 288 g/mol. The molecule has 0 N–H and O–H groups in total. The van der Waals surface area contributed by atoms with Gasteiger partial charge in [0.25, 0.3) is 5.71 Å². The first-order valence-corrected chi connectivity index (χ1v) is 7.73. The number of ether oxygens (including phenoxy) is 1. The fourth-order valence-corrected chi connectivity index (χ4v) is 3.53. The van der Waals surface area contributed by atoms with Crippen LogP contribution in [-0.2, 0) is 11.2 Å². The Bertz CT molecular complexity index is 648. The maximum atomic E-state index is 5.65. The zero-order valence-electron chi connectivity index (χ0n) is 12.3. The Morgan fingerprint density at radius 1 is 1.33 bits per heavy atom. The van der Waals surface area contributed by atoms with E-state index >= 15 is 0 Å². The predicted octanol–water partition coefficient (Wildman–Crippen LogP) is 2.19. The molecule has 21 heavy (non-hydrogen) atoms. The Kier molecular flexibility index (Phi) is 3.06. The molecule has 0 bridgehead atoms. The molecule has 0 aliphatic carbocycles. The molecule has 0 amide bonds. The number of oxazole rings is 1. The van der Waals surface area contributed by atoms with Crippen LogP contribution in [0.1, 0.15) is 32.1 Å². The van der Waals surface area contributed by atoms with Gasteiger partial charge < -0.3 is 14.1 Å². The highest BCUT2D eigenvalue weighted by molar-refractivity contribution is 5.81. The van der Waals surface area contributed by atoms with E-state index in [1.165, 1.54) is 12.8 Å². The first kappa shape index (κ1) is 13.0. The van der Waals surface area contributed by atoms with Crippen LogP contribution in [0.4, 0.5) is 5.82 Å². The molecule has 2 aromatic rings. The molecule has 6 nitrogen and oxygen atoms in total. The molecule has 1 spiro atoms. The molecule has 2 fully saturated rings. The van der Waals surface area contributed by atoms with Crippen molar-refractivity contribution in [1.82, 2.24) is 15.0 Å². The highest BCUT2D eigenvalue weighted by Gasteiger charge is 2.39. The second-order valence-electron chi connectivity index (χ2n) is 6.14. The summed E-state index contributed by atoms with van der Waals surface area (Å²) < 4.78 is 11.3.